The molecule has 6 nitrogen and oxygen atoms in total. The van der Waals surface area contributed by atoms with E-state index in [2.05, 4.69) is 25.5 Å². The number of ether oxygens (including phenoxy) is 1. The Kier molecular flexibility index (Phi) is 5.06. The maximum Gasteiger partial charge on any atom is 0.180 e. The molecule has 0 unspecified atom stereocenters. The second kappa shape index (κ2) is 6.78. The zero-order valence-corrected chi connectivity index (χ0v) is 12.6. The van der Waals surface area contributed by atoms with Crippen molar-refractivity contribution in [1.82, 2.24) is 20.2 Å². The van der Waals surface area contributed by atoms with Crippen molar-refractivity contribution >= 4 is 28.9 Å². The number of anilines is 1. The molecule has 102 valence electrons. The standard InChI is InChI=1S/C11H15N5OS2/c1-4-12-8-5-10(14-9(13-8)6-17-3)19-11-16-15-7(2)18-11/h5H,4,6H2,1-3H3,(H,12,13,14). The Hall–Kier alpha value is -1.25. The molecule has 2 heterocycles. The van der Waals surface area contributed by atoms with Gasteiger partial charge in [-0.25, -0.2) is 9.97 Å². The van der Waals surface area contributed by atoms with Crippen LogP contribution in [-0.2, 0) is 11.3 Å². The quantitative estimate of drug-likeness (QED) is 0.820. The molecule has 0 spiro atoms. The lowest BCUT2D eigenvalue weighted by Gasteiger charge is -2.07. The van der Waals surface area contributed by atoms with Gasteiger partial charge in [-0.3, -0.25) is 0 Å². The molecule has 8 heteroatoms. The molecule has 1 N–H and O–H groups in total. The van der Waals surface area contributed by atoms with Gasteiger partial charge >= 0.3 is 0 Å². The van der Waals surface area contributed by atoms with Crippen molar-refractivity contribution in [3.8, 4) is 0 Å². The fraction of sp³-hybridized carbons (Fsp3) is 0.455. The molecule has 0 radical (unpaired) electrons. The van der Waals surface area contributed by atoms with Gasteiger partial charge in [-0.1, -0.05) is 11.3 Å². The number of hydrogen-bond donors (Lipinski definition) is 1. The zero-order chi connectivity index (χ0) is 13.7. The monoisotopic (exact) mass is 297 g/mol. The van der Waals surface area contributed by atoms with Gasteiger partial charge in [0.25, 0.3) is 0 Å². The number of rotatable bonds is 6. The van der Waals surface area contributed by atoms with Crippen molar-refractivity contribution in [1.29, 1.82) is 0 Å². The zero-order valence-electron chi connectivity index (χ0n) is 11.0. The molecule has 2 aromatic rings. The highest BCUT2D eigenvalue weighted by Crippen LogP contribution is 2.29. The minimum atomic E-state index is 0.391. The summed E-state index contributed by atoms with van der Waals surface area (Å²) in [5, 5.41) is 13.0. The number of nitrogens with zero attached hydrogens (tertiary/aromatic N) is 4. The van der Waals surface area contributed by atoms with Gasteiger partial charge in [0.05, 0.1) is 0 Å². The van der Waals surface area contributed by atoms with Crippen molar-refractivity contribution in [3.63, 3.8) is 0 Å². The molecular formula is C11H15N5OS2. The van der Waals surface area contributed by atoms with Crippen molar-refractivity contribution in [2.75, 3.05) is 19.0 Å². The highest BCUT2D eigenvalue weighted by Gasteiger charge is 2.09. The van der Waals surface area contributed by atoms with Crippen LogP contribution >= 0.6 is 23.1 Å². The van der Waals surface area contributed by atoms with Gasteiger partial charge in [-0.2, -0.15) is 0 Å². The summed E-state index contributed by atoms with van der Waals surface area (Å²) in [6.45, 7) is 5.16. The molecule has 0 aliphatic rings. The van der Waals surface area contributed by atoms with Crippen molar-refractivity contribution < 1.29 is 4.74 Å². The highest BCUT2D eigenvalue weighted by atomic mass is 32.2. The molecule has 0 aliphatic carbocycles. The lowest BCUT2D eigenvalue weighted by atomic mass is 10.5. The van der Waals surface area contributed by atoms with Crippen LogP contribution in [0.5, 0.6) is 0 Å². The fourth-order valence-corrected chi connectivity index (χ4v) is 3.18. The largest absolute Gasteiger partial charge is 0.377 e. The molecular weight excluding hydrogens is 282 g/mol. The summed E-state index contributed by atoms with van der Waals surface area (Å²) in [4.78, 5) is 8.80. The van der Waals surface area contributed by atoms with Crippen LogP contribution in [0.4, 0.5) is 5.82 Å². The number of aryl methyl sites for hydroxylation is 1. The first kappa shape index (κ1) is 14.2. The van der Waals surface area contributed by atoms with E-state index in [4.69, 9.17) is 4.74 Å². The summed E-state index contributed by atoms with van der Waals surface area (Å²) < 4.78 is 5.96. The van der Waals surface area contributed by atoms with Crippen LogP contribution in [0.15, 0.2) is 15.4 Å². The minimum absolute atomic E-state index is 0.391. The number of aromatic nitrogens is 4. The van der Waals surface area contributed by atoms with Gasteiger partial charge in [0.2, 0.25) is 0 Å². The topological polar surface area (TPSA) is 72.8 Å². The lowest BCUT2D eigenvalue weighted by molar-refractivity contribution is 0.177. The normalized spacial score (nSPS) is 10.7. The van der Waals surface area contributed by atoms with Crippen molar-refractivity contribution in [3.05, 3.63) is 16.9 Å². The average molecular weight is 297 g/mol. The Morgan fingerprint density at radius 2 is 2.21 bits per heavy atom. The van der Waals surface area contributed by atoms with Gasteiger partial charge in [-0.15, -0.1) is 10.2 Å². The predicted octanol–water partition coefficient (Wildman–Crippen LogP) is 2.37. The van der Waals surface area contributed by atoms with Gasteiger partial charge in [0.15, 0.2) is 10.2 Å². The first-order valence-electron chi connectivity index (χ1n) is 5.80. The third kappa shape index (κ3) is 4.12. The molecule has 19 heavy (non-hydrogen) atoms. The molecule has 0 atom stereocenters. The van der Waals surface area contributed by atoms with Crippen LogP contribution in [0.1, 0.15) is 17.8 Å². The summed E-state index contributed by atoms with van der Waals surface area (Å²) in [5.41, 5.74) is 0. The van der Waals surface area contributed by atoms with E-state index in [1.165, 1.54) is 11.8 Å². The van der Waals surface area contributed by atoms with Gasteiger partial charge in [0, 0.05) is 19.7 Å². The average Bonchev–Trinajstić information content (AvgIpc) is 2.75. The van der Waals surface area contributed by atoms with E-state index in [9.17, 15) is 0 Å². The Morgan fingerprint density at radius 1 is 1.37 bits per heavy atom. The van der Waals surface area contributed by atoms with Crippen LogP contribution < -0.4 is 5.32 Å². The molecule has 0 bridgehead atoms. The van der Waals surface area contributed by atoms with E-state index < -0.39 is 0 Å². The molecule has 2 rings (SSSR count). The Balaban J connectivity index is 2.22. The third-order valence-electron chi connectivity index (χ3n) is 2.08. The minimum Gasteiger partial charge on any atom is -0.377 e. The molecule has 2 aromatic heterocycles. The van der Waals surface area contributed by atoms with Crippen LogP contribution in [0.2, 0.25) is 0 Å². The maximum absolute atomic E-state index is 5.08. The molecule has 0 saturated carbocycles. The highest BCUT2D eigenvalue weighted by molar-refractivity contribution is 8.01. The van der Waals surface area contributed by atoms with Crippen molar-refractivity contribution in [2.24, 2.45) is 0 Å². The maximum atomic E-state index is 5.08. The molecule has 0 aliphatic heterocycles. The van der Waals surface area contributed by atoms with Crippen LogP contribution in [-0.4, -0.2) is 33.8 Å². The number of hydrogen-bond acceptors (Lipinski definition) is 8. The van der Waals surface area contributed by atoms with Crippen LogP contribution in [0.25, 0.3) is 0 Å². The fourth-order valence-electron chi connectivity index (χ4n) is 1.40. The van der Waals surface area contributed by atoms with Crippen LogP contribution in [0.3, 0.4) is 0 Å². The summed E-state index contributed by atoms with van der Waals surface area (Å²) in [6.07, 6.45) is 0. The second-order valence-corrected chi connectivity index (χ2v) is 6.11. The first-order valence-corrected chi connectivity index (χ1v) is 7.43. The first-order chi connectivity index (χ1) is 9.21. The van der Waals surface area contributed by atoms with E-state index in [0.29, 0.717) is 12.4 Å². The smallest absolute Gasteiger partial charge is 0.180 e. The summed E-state index contributed by atoms with van der Waals surface area (Å²) in [6, 6.07) is 1.91. The van der Waals surface area contributed by atoms with Gasteiger partial charge in [0.1, 0.15) is 22.5 Å². The Labute approximate surface area is 120 Å². The van der Waals surface area contributed by atoms with E-state index in [1.807, 2.05) is 19.9 Å². The Morgan fingerprint density at radius 3 is 2.84 bits per heavy atom. The van der Waals surface area contributed by atoms with E-state index in [0.717, 1.165) is 26.7 Å². The number of nitrogens with one attached hydrogen (secondary N) is 1. The lowest BCUT2D eigenvalue weighted by Crippen LogP contribution is -2.05. The summed E-state index contributed by atoms with van der Waals surface area (Å²) in [7, 11) is 1.63. The van der Waals surface area contributed by atoms with E-state index in [-0.39, 0.29) is 0 Å². The van der Waals surface area contributed by atoms with Crippen molar-refractivity contribution in [2.45, 2.75) is 29.8 Å². The molecule has 0 fully saturated rings. The second-order valence-electron chi connectivity index (χ2n) is 3.66. The SMILES string of the molecule is CCNc1cc(Sc2nnc(C)s2)nc(COC)n1. The number of methoxy groups -OCH3 is 1. The Bertz CT molecular complexity index is 521. The summed E-state index contributed by atoms with van der Waals surface area (Å²) >= 11 is 3.04. The third-order valence-corrected chi connectivity index (χ3v) is 3.89. The van der Waals surface area contributed by atoms with Crippen LogP contribution in [0, 0.1) is 6.92 Å². The molecule has 0 amide bonds. The molecule has 0 saturated heterocycles. The predicted molar refractivity (Wildman–Crippen MR) is 75.7 cm³/mol. The molecule has 0 aromatic carbocycles. The van der Waals surface area contributed by atoms with E-state index >= 15 is 0 Å². The summed E-state index contributed by atoms with van der Waals surface area (Å²) in [5.74, 6) is 1.46. The van der Waals surface area contributed by atoms with E-state index in [1.54, 1.807) is 18.4 Å². The van der Waals surface area contributed by atoms with Gasteiger partial charge < -0.3 is 10.1 Å². The van der Waals surface area contributed by atoms with Gasteiger partial charge in [-0.05, 0) is 25.6 Å².